The maximum atomic E-state index is 8.52. The van der Waals surface area contributed by atoms with Crippen molar-refractivity contribution in [3.05, 3.63) is 0 Å². The number of alkyl halides is 1. The highest BCUT2D eigenvalue weighted by molar-refractivity contribution is 14.1. The maximum absolute atomic E-state index is 8.52. The summed E-state index contributed by atoms with van der Waals surface area (Å²) < 4.78 is -0.500. The Labute approximate surface area is 67.8 Å². The van der Waals surface area contributed by atoms with E-state index in [0.29, 0.717) is 6.42 Å². The Bertz CT molecular complexity index is 78.8. The van der Waals surface area contributed by atoms with Gasteiger partial charge in [-0.05, 0) is 6.42 Å². The molecule has 0 aliphatic carbocycles. The van der Waals surface area contributed by atoms with Crippen molar-refractivity contribution < 1.29 is 15.3 Å². The zero-order valence-electron chi connectivity index (χ0n) is 5.21. The zero-order valence-corrected chi connectivity index (χ0v) is 7.37. The molecule has 3 N–H and O–H groups in total. The highest BCUT2D eigenvalue weighted by atomic mass is 127. The van der Waals surface area contributed by atoms with E-state index < -0.39 is 9.90 Å². The standard InChI is InChI=1S/C5H11IO3/c1-2-3-4(6)5(7,8)9/h4,7-9H,2-3H2,1H3. The van der Waals surface area contributed by atoms with Gasteiger partial charge in [-0.3, -0.25) is 0 Å². The van der Waals surface area contributed by atoms with Crippen LogP contribution in [0.1, 0.15) is 19.8 Å². The first-order valence-corrected chi connectivity index (χ1v) is 4.04. The molecule has 0 rings (SSSR count). The molecule has 0 saturated carbocycles. The lowest BCUT2D eigenvalue weighted by molar-refractivity contribution is -0.307. The molecule has 0 aromatic heterocycles. The van der Waals surface area contributed by atoms with Gasteiger partial charge < -0.3 is 15.3 Å². The summed E-state index contributed by atoms with van der Waals surface area (Å²) in [6, 6.07) is 0. The first-order chi connectivity index (χ1) is 3.98. The molecule has 0 fully saturated rings. The largest absolute Gasteiger partial charge is 0.343 e. The Morgan fingerprint density at radius 1 is 1.44 bits per heavy atom. The fraction of sp³-hybridized carbons (Fsp3) is 1.00. The van der Waals surface area contributed by atoms with E-state index in [1.807, 2.05) is 6.92 Å². The quantitative estimate of drug-likeness (QED) is 0.379. The summed E-state index contributed by atoms with van der Waals surface area (Å²) >= 11 is 1.80. The molecule has 1 atom stereocenters. The fourth-order valence-corrected chi connectivity index (χ4v) is 1.07. The van der Waals surface area contributed by atoms with E-state index in [4.69, 9.17) is 15.3 Å². The van der Waals surface area contributed by atoms with E-state index in [9.17, 15) is 0 Å². The van der Waals surface area contributed by atoms with Gasteiger partial charge in [-0.25, -0.2) is 0 Å². The molecule has 1 unspecified atom stereocenters. The summed E-state index contributed by atoms with van der Waals surface area (Å²) in [5.41, 5.74) is 0. The van der Waals surface area contributed by atoms with Gasteiger partial charge in [-0.1, -0.05) is 35.9 Å². The van der Waals surface area contributed by atoms with E-state index in [0.717, 1.165) is 6.42 Å². The van der Waals surface area contributed by atoms with E-state index in [1.54, 1.807) is 22.6 Å². The molecule has 0 aromatic rings. The summed E-state index contributed by atoms with van der Waals surface area (Å²) in [6.07, 6.45) is 1.43. The lowest BCUT2D eigenvalue weighted by Crippen LogP contribution is -2.37. The predicted octanol–water partition coefficient (Wildman–Crippen LogP) is 0.221. The molecule has 0 bridgehead atoms. The lowest BCUT2D eigenvalue weighted by Gasteiger charge is -2.19. The molecule has 0 heterocycles. The Morgan fingerprint density at radius 3 is 2.00 bits per heavy atom. The van der Waals surface area contributed by atoms with Crippen LogP contribution in [0.15, 0.2) is 0 Å². The average molecular weight is 246 g/mol. The first kappa shape index (κ1) is 9.61. The third kappa shape index (κ3) is 4.07. The van der Waals surface area contributed by atoms with Gasteiger partial charge in [0.25, 0.3) is 5.97 Å². The van der Waals surface area contributed by atoms with Gasteiger partial charge in [0, 0.05) is 0 Å². The van der Waals surface area contributed by atoms with E-state index in [-0.39, 0.29) is 0 Å². The second-order valence-electron chi connectivity index (χ2n) is 1.94. The molecule has 56 valence electrons. The molecule has 0 aromatic carbocycles. The molecule has 0 saturated heterocycles. The average Bonchev–Trinajstić information content (AvgIpc) is 1.64. The van der Waals surface area contributed by atoms with Crippen LogP contribution in [0.4, 0.5) is 0 Å². The number of hydrogen-bond acceptors (Lipinski definition) is 3. The number of aliphatic hydroxyl groups is 3. The minimum atomic E-state index is -2.50. The molecule has 4 heteroatoms. The van der Waals surface area contributed by atoms with Crippen LogP contribution in [0, 0.1) is 0 Å². The Hall–Kier alpha value is 0.610. The van der Waals surface area contributed by atoms with Crippen molar-refractivity contribution in [2.75, 3.05) is 0 Å². The lowest BCUT2D eigenvalue weighted by atomic mass is 10.2. The molecule has 9 heavy (non-hydrogen) atoms. The summed E-state index contributed by atoms with van der Waals surface area (Å²) in [4.78, 5) is 0. The van der Waals surface area contributed by atoms with Crippen molar-refractivity contribution in [3.63, 3.8) is 0 Å². The minimum Gasteiger partial charge on any atom is -0.343 e. The van der Waals surface area contributed by atoms with Crippen LogP contribution < -0.4 is 0 Å². The zero-order chi connectivity index (χ0) is 7.49. The van der Waals surface area contributed by atoms with Gasteiger partial charge in [0.05, 0.1) is 3.92 Å². The Balaban J connectivity index is 3.59. The summed E-state index contributed by atoms with van der Waals surface area (Å²) in [6.45, 7) is 1.91. The first-order valence-electron chi connectivity index (χ1n) is 2.79. The van der Waals surface area contributed by atoms with Crippen molar-refractivity contribution in [2.45, 2.75) is 29.7 Å². The molecule has 0 radical (unpaired) electrons. The van der Waals surface area contributed by atoms with Crippen molar-refractivity contribution >= 4 is 22.6 Å². The van der Waals surface area contributed by atoms with Crippen LogP contribution >= 0.6 is 22.6 Å². The van der Waals surface area contributed by atoms with Crippen molar-refractivity contribution in [2.24, 2.45) is 0 Å². The monoisotopic (exact) mass is 246 g/mol. The second kappa shape index (κ2) is 3.70. The van der Waals surface area contributed by atoms with Gasteiger partial charge in [0.1, 0.15) is 0 Å². The van der Waals surface area contributed by atoms with E-state index >= 15 is 0 Å². The predicted molar refractivity (Wildman–Crippen MR) is 42.1 cm³/mol. The molecular weight excluding hydrogens is 235 g/mol. The summed E-state index contributed by atoms with van der Waals surface area (Å²) in [5.74, 6) is -2.50. The highest BCUT2D eigenvalue weighted by Crippen LogP contribution is 2.17. The van der Waals surface area contributed by atoms with Crippen molar-refractivity contribution in [1.82, 2.24) is 0 Å². The van der Waals surface area contributed by atoms with Crippen LogP contribution in [0.25, 0.3) is 0 Å². The number of halogens is 1. The van der Waals surface area contributed by atoms with E-state index in [2.05, 4.69) is 0 Å². The third-order valence-corrected chi connectivity index (χ3v) is 2.42. The Morgan fingerprint density at radius 2 is 1.89 bits per heavy atom. The fourth-order valence-electron chi connectivity index (χ4n) is 0.447. The third-order valence-electron chi connectivity index (χ3n) is 0.962. The second-order valence-corrected chi connectivity index (χ2v) is 3.45. The van der Waals surface area contributed by atoms with E-state index in [1.165, 1.54) is 0 Å². The molecular formula is C5H11IO3. The van der Waals surface area contributed by atoms with Crippen LogP contribution in [0.5, 0.6) is 0 Å². The number of hydrogen-bond donors (Lipinski definition) is 3. The minimum absolute atomic E-state index is 0.500. The molecule has 0 spiro atoms. The normalized spacial score (nSPS) is 15.7. The summed E-state index contributed by atoms with van der Waals surface area (Å²) in [7, 11) is 0. The molecule has 0 aliphatic rings. The number of rotatable bonds is 3. The van der Waals surface area contributed by atoms with Crippen LogP contribution in [-0.4, -0.2) is 25.2 Å². The molecule has 0 aliphatic heterocycles. The van der Waals surface area contributed by atoms with Crippen LogP contribution in [0.2, 0.25) is 0 Å². The SMILES string of the molecule is CCCC(I)C(O)(O)O. The smallest absolute Gasteiger partial charge is 0.287 e. The van der Waals surface area contributed by atoms with Gasteiger partial charge in [-0.15, -0.1) is 0 Å². The van der Waals surface area contributed by atoms with Gasteiger partial charge in [0.15, 0.2) is 0 Å². The van der Waals surface area contributed by atoms with Crippen molar-refractivity contribution in [3.8, 4) is 0 Å². The van der Waals surface area contributed by atoms with Crippen LogP contribution in [-0.2, 0) is 0 Å². The molecule has 0 amide bonds. The topological polar surface area (TPSA) is 60.7 Å². The van der Waals surface area contributed by atoms with Crippen molar-refractivity contribution in [1.29, 1.82) is 0 Å². The van der Waals surface area contributed by atoms with Gasteiger partial charge in [-0.2, -0.15) is 0 Å². The van der Waals surface area contributed by atoms with Crippen LogP contribution in [0.3, 0.4) is 0 Å². The molecule has 3 nitrogen and oxygen atoms in total. The summed E-state index contributed by atoms with van der Waals surface area (Å²) in [5, 5.41) is 25.6. The Kier molecular flexibility index (Phi) is 3.95. The highest BCUT2D eigenvalue weighted by Gasteiger charge is 2.28. The van der Waals surface area contributed by atoms with Gasteiger partial charge >= 0.3 is 0 Å². The van der Waals surface area contributed by atoms with Gasteiger partial charge in [0.2, 0.25) is 0 Å². The maximum Gasteiger partial charge on any atom is 0.287 e.